The van der Waals surface area contributed by atoms with Crippen LogP contribution in [0.4, 0.5) is 0 Å². The van der Waals surface area contributed by atoms with Gasteiger partial charge in [-0.3, -0.25) is 4.79 Å². The van der Waals surface area contributed by atoms with Gasteiger partial charge in [0.05, 0.1) is 17.1 Å². The third kappa shape index (κ3) is 3.56. The molecule has 5 heteroatoms. The number of benzene rings is 1. The topological polar surface area (TPSA) is 71.4 Å². The van der Waals surface area contributed by atoms with Gasteiger partial charge in [-0.05, 0) is 23.6 Å². The normalized spacial score (nSPS) is 13.3. The molecule has 1 aromatic carbocycles. The molecule has 0 aromatic heterocycles. The number of carboxylic acid groups (broad SMARTS) is 1. The Morgan fingerprint density at radius 3 is 2.24 bits per heavy atom. The third-order valence-electron chi connectivity index (χ3n) is 2.67. The third-order valence-corrected chi connectivity index (χ3v) is 4.42. The molecular formula is C12H16O4S. The van der Waals surface area contributed by atoms with Crippen LogP contribution in [0.15, 0.2) is 29.2 Å². The van der Waals surface area contributed by atoms with Crippen molar-refractivity contribution >= 4 is 15.8 Å². The number of carboxylic acids is 1. The molecule has 1 rings (SSSR count). The van der Waals surface area contributed by atoms with Crippen LogP contribution >= 0.6 is 0 Å². The van der Waals surface area contributed by atoms with Crippen LogP contribution in [0.25, 0.3) is 0 Å². The Balaban J connectivity index is 2.92. The number of sulfone groups is 1. The first-order valence-electron chi connectivity index (χ1n) is 5.41. The van der Waals surface area contributed by atoms with Crippen molar-refractivity contribution in [2.75, 3.05) is 5.75 Å². The fourth-order valence-corrected chi connectivity index (χ4v) is 2.43. The summed E-state index contributed by atoms with van der Waals surface area (Å²) in [6.07, 6.45) is 0.0415. The lowest BCUT2D eigenvalue weighted by atomic mass is 9.98. The van der Waals surface area contributed by atoms with E-state index in [0.29, 0.717) is 0 Å². The highest BCUT2D eigenvalue weighted by Gasteiger charge is 2.13. The lowest BCUT2D eigenvalue weighted by molar-refractivity contribution is -0.137. The van der Waals surface area contributed by atoms with Crippen LogP contribution in [0, 0.1) is 0 Å². The molecule has 0 aliphatic rings. The molecule has 0 radical (unpaired) electrons. The SMILES string of the molecule is CCS(=O)(=O)c1ccc(C(C)CC(=O)O)cc1. The smallest absolute Gasteiger partial charge is 0.303 e. The summed E-state index contributed by atoms with van der Waals surface area (Å²) in [6, 6.07) is 6.42. The maximum Gasteiger partial charge on any atom is 0.303 e. The summed E-state index contributed by atoms with van der Waals surface area (Å²) in [6.45, 7) is 3.40. The van der Waals surface area contributed by atoms with Gasteiger partial charge in [0.2, 0.25) is 0 Å². The first-order chi connectivity index (χ1) is 7.86. The Kier molecular flexibility index (Phi) is 4.28. The second-order valence-electron chi connectivity index (χ2n) is 3.97. The van der Waals surface area contributed by atoms with Gasteiger partial charge in [-0.1, -0.05) is 26.0 Å². The first-order valence-corrected chi connectivity index (χ1v) is 7.06. The molecule has 0 saturated carbocycles. The van der Waals surface area contributed by atoms with E-state index in [1.165, 1.54) is 12.1 Å². The molecule has 0 bridgehead atoms. The second kappa shape index (κ2) is 5.31. The van der Waals surface area contributed by atoms with Gasteiger partial charge < -0.3 is 5.11 Å². The standard InChI is InChI=1S/C12H16O4S/c1-3-17(15,16)11-6-4-10(5-7-11)9(2)8-12(13)14/h4-7,9H,3,8H2,1-2H3,(H,13,14). The molecule has 4 nitrogen and oxygen atoms in total. The van der Waals surface area contributed by atoms with Crippen molar-refractivity contribution in [2.24, 2.45) is 0 Å². The van der Waals surface area contributed by atoms with Crippen LogP contribution in [0.2, 0.25) is 0 Å². The zero-order chi connectivity index (χ0) is 13.1. The molecule has 0 amide bonds. The maximum absolute atomic E-state index is 11.6. The summed E-state index contributed by atoms with van der Waals surface area (Å²) in [5.74, 6) is -0.912. The van der Waals surface area contributed by atoms with Crippen molar-refractivity contribution in [3.63, 3.8) is 0 Å². The van der Waals surface area contributed by atoms with Crippen molar-refractivity contribution in [1.29, 1.82) is 0 Å². The number of aliphatic carboxylic acids is 1. The van der Waals surface area contributed by atoms with Gasteiger partial charge in [-0.2, -0.15) is 0 Å². The minimum Gasteiger partial charge on any atom is -0.481 e. The molecule has 0 aliphatic carbocycles. The summed E-state index contributed by atoms with van der Waals surface area (Å²) < 4.78 is 23.1. The zero-order valence-corrected chi connectivity index (χ0v) is 10.7. The molecule has 17 heavy (non-hydrogen) atoms. The lowest BCUT2D eigenvalue weighted by Gasteiger charge is -2.09. The molecule has 0 heterocycles. The molecule has 1 aromatic rings. The predicted octanol–water partition coefficient (Wildman–Crippen LogP) is 2.06. The Hall–Kier alpha value is -1.36. The van der Waals surface area contributed by atoms with Crippen LogP contribution in [-0.2, 0) is 14.6 Å². The van der Waals surface area contributed by atoms with Gasteiger partial charge in [0.25, 0.3) is 0 Å². The number of hydrogen-bond donors (Lipinski definition) is 1. The predicted molar refractivity (Wildman–Crippen MR) is 64.8 cm³/mol. The van der Waals surface area contributed by atoms with Crippen LogP contribution in [0.3, 0.4) is 0 Å². The molecule has 0 saturated heterocycles. The summed E-state index contributed by atoms with van der Waals surface area (Å²) in [5.41, 5.74) is 0.836. The Bertz CT molecular complexity index is 488. The average Bonchev–Trinajstić information content (AvgIpc) is 2.28. The summed E-state index contributed by atoms with van der Waals surface area (Å²) in [4.78, 5) is 10.8. The van der Waals surface area contributed by atoms with E-state index in [1.807, 2.05) is 0 Å². The van der Waals surface area contributed by atoms with E-state index in [9.17, 15) is 13.2 Å². The maximum atomic E-state index is 11.6. The highest BCUT2D eigenvalue weighted by molar-refractivity contribution is 7.91. The van der Waals surface area contributed by atoms with Gasteiger partial charge in [-0.25, -0.2) is 8.42 Å². The van der Waals surface area contributed by atoms with Crippen molar-refractivity contribution in [2.45, 2.75) is 31.1 Å². The van der Waals surface area contributed by atoms with E-state index >= 15 is 0 Å². The van der Waals surface area contributed by atoms with E-state index in [-0.39, 0.29) is 23.0 Å². The number of rotatable bonds is 5. The van der Waals surface area contributed by atoms with Crippen LogP contribution < -0.4 is 0 Å². The molecule has 1 unspecified atom stereocenters. The second-order valence-corrected chi connectivity index (χ2v) is 6.25. The average molecular weight is 256 g/mol. The van der Waals surface area contributed by atoms with E-state index in [1.54, 1.807) is 26.0 Å². The number of carbonyl (C=O) groups is 1. The largest absolute Gasteiger partial charge is 0.481 e. The molecule has 0 fully saturated rings. The monoisotopic (exact) mass is 256 g/mol. The molecular weight excluding hydrogens is 240 g/mol. The van der Waals surface area contributed by atoms with E-state index in [2.05, 4.69) is 0 Å². The van der Waals surface area contributed by atoms with Crippen molar-refractivity contribution in [1.82, 2.24) is 0 Å². The van der Waals surface area contributed by atoms with E-state index in [4.69, 9.17) is 5.11 Å². The quantitative estimate of drug-likeness (QED) is 0.875. The van der Waals surface area contributed by atoms with Crippen molar-refractivity contribution in [3.05, 3.63) is 29.8 Å². The summed E-state index contributed by atoms with van der Waals surface area (Å²) >= 11 is 0. The Morgan fingerprint density at radius 1 is 1.29 bits per heavy atom. The highest BCUT2D eigenvalue weighted by atomic mass is 32.2. The highest BCUT2D eigenvalue weighted by Crippen LogP contribution is 2.21. The minimum absolute atomic E-state index is 0.0415. The molecule has 1 atom stereocenters. The molecule has 1 N–H and O–H groups in total. The van der Waals surface area contributed by atoms with E-state index in [0.717, 1.165) is 5.56 Å². The Labute approximate surface area is 101 Å². The first kappa shape index (κ1) is 13.7. The van der Waals surface area contributed by atoms with Gasteiger partial charge in [-0.15, -0.1) is 0 Å². The number of hydrogen-bond acceptors (Lipinski definition) is 3. The van der Waals surface area contributed by atoms with Crippen LogP contribution in [0.5, 0.6) is 0 Å². The Morgan fingerprint density at radius 2 is 1.82 bits per heavy atom. The lowest BCUT2D eigenvalue weighted by Crippen LogP contribution is -2.05. The van der Waals surface area contributed by atoms with Gasteiger partial charge in [0.15, 0.2) is 9.84 Å². The zero-order valence-electron chi connectivity index (χ0n) is 9.88. The molecule has 0 spiro atoms. The van der Waals surface area contributed by atoms with Gasteiger partial charge in [0, 0.05) is 0 Å². The minimum atomic E-state index is -3.18. The van der Waals surface area contributed by atoms with Crippen LogP contribution in [-0.4, -0.2) is 25.2 Å². The molecule has 0 aliphatic heterocycles. The summed E-state index contributed by atoms with van der Waals surface area (Å²) in [7, 11) is -3.18. The van der Waals surface area contributed by atoms with Gasteiger partial charge >= 0.3 is 5.97 Å². The van der Waals surface area contributed by atoms with Gasteiger partial charge in [0.1, 0.15) is 0 Å². The fraction of sp³-hybridized carbons (Fsp3) is 0.417. The van der Waals surface area contributed by atoms with Crippen molar-refractivity contribution in [3.8, 4) is 0 Å². The molecule has 94 valence electrons. The fourth-order valence-electron chi connectivity index (χ4n) is 1.55. The van der Waals surface area contributed by atoms with Crippen molar-refractivity contribution < 1.29 is 18.3 Å². The van der Waals surface area contributed by atoms with E-state index < -0.39 is 15.8 Å². The van der Waals surface area contributed by atoms with Crippen LogP contribution in [0.1, 0.15) is 31.7 Å². The summed E-state index contributed by atoms with van der Waals surface area (Å²) in [5, 5.41) is 8.67.